The molecule has 0 radical (unpaired) electrons. The second-order valence-corrected chi connectivity index (χ2v) is 14.1. The summed E-state index contributed by atoms with van der Waals surface area (Å²) in [6.07, 6.45) is 7.17. The summed E-state index contributed by atoms with van der Waals surface area (Å²) in [4.78, 5) is 13.2. The van der Waals surface area contributed by atoms with Crippen LogP contribution in [-0.2, 0) is 13.6 Å². The van der Waals surface area contributed by atoms with E-state index in [0.717, 1.165) is 44.9 Å². The van der Waals surface area contributed by atoms with Gasteiger partial charge in [0.2, 0.25) is 0 Å². The summed E-state index contributed by atoms with van der Waals surface area (Å²) in [6.45, 7) is 18.0. The monoisotopic (exact) mass is 464 g/mol. The van der Waals surface area contributed by atoms with E-state index in [0.29, 0.717) is 23.7 Å². The molecular weight excluding hydrogens is 418 g/mol. The van der Waals surface area contributed by atoms with Crippen LogP contribution in [0.4, 0.5) is 0 Å². The van der Waals surface area contributed by atoms with E-state index in [2.05, 4.69) is 55.4 Å². The van der Waals surface area contributed by atoms with Gasteiger partial charge in [0.1, 0.15) is 0 Å². The zero-order valence-corrected chi connectivity index (χ0v) is 24.5. The molecule has 8 atom stereocenters. The van der Waals surface area contributed by atoms with E-state index >= 15 is 0 Å². The van der Waals surface area contributed by atoms with E-state index in [1.54, 1.807) is 0 Å². The molecule has 31 heavy (non-hydrogen) atoms. The first kappa shape index (κ1) is 28.3. The Bertz CT molecular complexity index is 590. The fourth-order valence-electron chi connectivity index (χ4n) is 6.81. The first-order chi connectivity index (χ1) is 13.7. The molecule has 0 aromatic heterocycles. The minimum Gasteiger partial charge on any atom is -0.756 e. The van der Waals surface area contributed by atoms with Gasteiger partial charge in [-0.2, -0.15) is 0 Å². The summed E-state index contributed by atoms with van der Waals surface area (Å²) < 4.78 is 25.1. The van der Waals surface area contributed by atoms with Crippen molar-refractivity contribution < 1.29 is 48.1 Å². The third kappa shape index (κ3) is 6.62. The third-order valence-corrected chi connectivity index (χ3v) is 9.66. The molecule has 6 heteroatoms. The van der Waals surface area contributed by atoms with Gasteiger partial charge in [0, 0.05) is 0 Å². The first-order valence-corrected chi connectivity index (χ1v) is 13.9. The van der Waals surface area contributed by atoms with Crippen LogP contribution in [0.3, 0.4) is 0 Å². The molecule has 1 aliphatic heterocycles. The van der Waals surface area contributed by atoms with Gasteiger partial charge < -0.3 is 13.9 Å². The normalized spacial score (nSPS) is 44.3. The standard InChI is InChI=1S/C25H47O4P.Na/c1-9-16-11-18-15-19-12-17(10-2)14-21(25(6,7)8)23(19)29-30(26,27)28-22(18)20(13-16)24(3,4)5;/h16-23H,9-15H2,1-8H3,(H,26,27);/q;+1/p-1. The molecule has 0 spiro atoms. The Morgan fingerprint density at radius 3 is 1.39 bits per heavy atom. The van der Waals surface area contributed by atoms with Crippen molar-refractivity contribution in [3.63, 3.8) is 0 Å². The average Bonchev–Trinajstić information content (AvgIpc) is 2.60. The van der Waals surface area contributed by atoms with E-state index in [9.17, 15) is 9.46 Å². The van der Waals surface area contributed by atoms with Crippen LogP contribution >= 0.6 is 7.82 Å². The van der Waals surface area contributed by atoms with Crippen molar-refractivity contribution in [2.75, 3.05) is 0 Å². The fraction of sp³-hybridized carbons (Fsp3) is 1.00. The maximum Gasteiger partial charge on any atom is 1.00 e. The molecule has 4 nitrogen and oxygen atoms in total. The number of phosphoric acid groups is 1. The summed E-state index contributed by atoms with van der Waals surface area (Å²) in [5.41, 5.74) is 0.0314. The van der Waals surface area contributed by atoms with Crippen LogP contribution in [0.2, 0.25) is 0 Å². The minimum atomic E-state index is -4.36. The van der Waals surface area contributed by atoms with Gasteiger partial charge in [0.25, 0.3) is 7.82 Å². The summed E-state index contributed by atoms with van der Waals surface area (Å²) >= 11 is 0. The number of hydrogen-bond donors (Lipinski definition) is 0. The van der Waals surface area contributed by atoms with Gasteiger partial charge in [0.05, 0.1) is 12.2 Å². The van der Waals surface area contributed by atoms with E-state index in [-0.39, 0.29) is 64.4 Å². The van der Waals surface area contributed by atoms with Crippen LogP contribution in [0.1, 0.15) is 100 Å². The maximum absolute atomic E-state index is 13.2. The van der Waals surface area contributed by atoms with Gasteiger partial charge in [-0.3, -0.25) is 4.57 Å². The van der Waals surface area contributed by atoms with E-state index < -0.39 is 7.82 Å². The topological polar surface area (TPSA) is 58.6 Å². The molecule has 3 fully saturated rings. The van der Waals surface area contributed by atoms with E-state index in [1.807, 2.05) is 0 Å². The SMILES string of the molecule is CCC1CC2CC3CC(CC)CC(C(C)(C)C)C3OP(=O)([O-])OC2C(C(C)(C)C)C1.[Na+]. The predicted octanol–water partition coefficient (Wildman–Crippen LogP) is 3.83. The van der Waals surface area contributed by atoms with Gasteiger partial charge in [-0.25, -0.2) is 0 Å². The molecule has 1 saturated heterocycles. The summed E-state index contributed by atoms with van der Waals surface area (Å²) in [6, 6.07) is 0. The predicted molar refractivity (Wildman–Crippen MR) is 121 cm³/mol. The van der Waals surface area contributed by atoms with Gasteiger partial charge in [-0.15, -0.1) is 0 Å². The van der Waals surface area contributed by atoms with Crippen LogP contribution in [0.5, 0.6) is 0 Å². The molecule has 2 saturated carbocycles. The fourth-order valence-corrected chi connectivity index (χ4v) is 8.10. The number of phosphoric ester groups is 1. The Morgan fingerprint density at radius 1 is 0.742 bits per heavy atom. The number of fused-ring (bicyclic) bond motifs is 2. The molecule has 0 bridgehead atoms. The molecule has 0 aromatic rings. The van der Waals surface area contributed by atoms with Gasteiger partial charge in [0.15, 0.2) is 0 Å². The van der Waals surface area contributed by atoms with Crippen molar-refractivity contribution in [2.24, 2.45) is 46.3 Å². The van der Waals surface area contributed by atoms with Gasteiger partial charge >= 0.3 is 29.6 Å². The molecule has 0 N–H and O–H groups in total. The molecular formula is C25H46NaO4P. The number of rotatable bonds is 2. The Hall–Kier alpha value is 1.11. The van der Waals surface area contributed by atoms with Gasteiger partial charge in [-0.1, -0.05) is 68.2 Å². The Balaban J connectivity index is 0.00000341. The van der Waals surface area contributed by atoms with Crippen molar-refractivity contribution in [3.05, 3.63) is 0 Å². The molecule has 1 heterocycles. The van der Waals surface area contributed by atoms with Crippen LogP contribution < -0.4 is 34.5 Å². The molecule has 176 valence electrons. The van der Waals surface area contributed by atoms with Crippen molar-refractivity contribution in [2.45, 2.75) is 113 Å². The third-order valence-electron chi connectivity index (χ3n) is 8.66. The smallest absolute Gasteiger partial charge is 0.756 e. The second-order valence-electron chi connectivity index (χ2n) is 12.8. The molecule has 8 unspecified atom stereocenters. The largest absolute Gasteiger partial charge is 1.00 e. The van der Waals surface area contributed by atoms with Crippen molar-refractivity contribution in [1.29, 1.82) is 0 Å². The summed E-state index contributed by atoms with van der Waals surface area (Å²) in [7, 11) is -4.36. The van der Waals surface area contributed by atoms with E-state index in [1.165, 1.54) is 0 Å². The van der Waals surface area contributed by atoms with Crippen LogP contribution in [-0.4, -0.2) is 12.2 Å². The van der Waals surface area contributed by atoms with Crippen molar-refractivity contribution in [1.82, 2.24) is 0 Å². The maximum atomic E-state index is 13.2. The second kappa shape index (κ2) is 10.4. The van der Waals surface area contributed by atoms with Crippen LogP contribution in [0.25, 0.3) is 0 Å². The summed E-state index contributed by atoms with van der Waals surface area (Å²) in [5.74, 6) is 2.42. The Labute approximate surface area is 213 Å². The average molecular weight is 465 g/mol. The molecule has 0 amide bonds. The Kier molecular flexibility index (Phi) is 9.50. The summed E-state index contributed by atoms with van der Waals surface area (Å²) in [5, 5.41) is 0. The first-order valence-electron chi connectivity index (χ1n) is 12.4. The minimum absolute atomic E-state index is 0. The number of hydrogen-bond acceptors (Lipinski definition) is 4. The van der Waals surface area contributed by atoms with Crippen LogP contribution in [0, 0.1) is 46.3 Å². The van der Waals surface area contributed by atoms with E-state index in [4.69, 9.17) is 9.05 Å². The zero-order valence-electron chi connectivity index (χ0n) is 21.6. The molecule has 2 aliphatic carbocycles. The van der Waals surface area contributed by atoms with Crippen molar-refractivity contribution >= 4 is 7.82 Å². The molecule has 0 aromatic carbocycles. The molecule has 3 rings (SSSR count). The zero-order chi connectivity index (χ0) is 22.5. The van der Waals surface area contributed by atoms with Crippen molar-refractivity contribution in [3.8, 4) is 0 Å². The van der Waals surface area contributed by atoms with Gasteiger partial charge in [-0.05, 0) is 78.4 Å². The Morgan fingerprint density at radius 2 is 1.10 bits per heavy atom. The van der Waals surface area contributed by atoms with Crippen LogP contribution in [0.15, 0.2) is 0 Å². The quantitative estimate of drug-likeness (QED) is 0.460. The molecule has 3 aliphatic rings.